The summed E-state index contributed by atoms with van der Waals surface area (Å²) >= 11 is 3.34. The summed E-state index contributed by atoms with van der Waals surface area (Å²) in [6.45, 7) is 0. The van der Waals surface area contributed by atoms with Crippen LogP contribution in [0, 0.1) is 5.41 Å². The summed E-state index contributed by atoms with van der Waals surface area (Å²) in [6.07, 6.45) is 4.85. The summed E-state index contributed by atoms with van der Waals surface area (Å²) in [4.78, 5) is 0. The van der Waals surface area contributed by atoms with Crippen LogP contribution in [0.1, 0.15) is 5.56 Å². The van der Waals surface area contributed by atoms with E-state index in [4.69, 9.17) is 5.41 Å². The lowest BCUT2D eigenvalue weighted by molar-refractivity contribution is 1.58. The first-order valence-corrected chi connectivity index (χ1v) is 4.05. The number of hydrogen-bond acceptors (Lipinski definition) is 1. The molecule has 0 aliphatic heterocycles. The van der Waals surface area contributed by atoms with Gasteiger partial charge in [0.1, 0.15) is 0 Å². The van der Waals surface area contributed by atoms with E-state index in [1.54, 1.807) is 6.08 Å². The molecule has 0 saturated heterocycles. The molecule has 0 spiro atoms. The van der Waals surface area contributed by atoms with Crippen LogP contribution in [0.5, 0.6) is 0 Å². The molecule has 0 aliphatic carbocycles. The minimum Gasteiger partial charge on any atom is -0.309 e. The molecule has 0 saturated carbocycles. The molecule has 1 N–H and O–H groups in total. The van der Waals surface area contributed by atoms with Gasteiger partial charge >= 0.3 is 0 Å². The first kappa shape index (κ1) is 8.21. The Kier molecular flexibility index (Phi) is 3.05. The molecule has 0 radical (unpaired) electrons. The first-order chi connectivity index (χ1) is 5.33. The monoisotopic (exact) mass is 209 g/mol. The summed E-state index contributed by atoms with van der Waals surface area (Å²) < 4.78 is 1.07. The van der Waals surface area contributed by atoms with Crippen LogP contribution in [-0.2, 0) is 0 Å². The van der Waals surface area contributed by atoms with E-state index in [0.717, 1.165) is 10.0 Å². The summed E-state index contributed by atoms with van der Waals surface area (Å²) in [5, 5.41) is 6.77. The molecule has 0 bridgehead atoms. The molecule has 1 aromatic rings. The molecule has 1 rings (SSSR count). The van der Waals surface area contributed by atoms with E-state index in [9.17, 15) is 0 Å². The third-order valence-electron chi connectivity index (χ3n) is 1.25. The Morgan fingerprint density at radius 1 is 1.18 bits per heavy atom. The van der Waals surface area contributed by atoms with Crippen LogP contribution in [-0.4, -0.2) is 6.21 Å². The predicted octanol–water partition coefficient (Wildman–Crippen LogP) is 3.11. The second-order valence-corrected chi connectivity index (χ2v) is 2.99. The van der Waals surface area contributed by atoms with Gasteiger partial charge in [0, 0.05) is 10.7 Å². The van der Waals surface area contributed by atoms with Gasteiger partial charge in [0.25, 0.3) is 0 Å². The van der Waals surface area contributed by atoms with Crippen LogP contribution in [0.2, 0.25) is 0 Å². The highest BCUT2D eigenvalue weighted by atomic mass is 79.9. The van der Waals surface area contributed by atoms with E-state index in [2.05, 4.69) is 15.9 Å². The Balaban J connectivity index is 2.81. The molecule has 1 nitrogen and oxygen atoms in total. The largest absolute Gasteiger partial charge is 0.309 e. The summed E-state index contributed by atoms with van der Waals surface area (Å²) in [6, 6.07) is 7.93. The quantitative estimate of drug-likeness (QED) is 0.725. The maximum absolute atomic E-state index is 6.77. The number of nitrogens with one attached hydrogen (secondary N) is 1. The lowest BCUT2D eigenvalue weighted by Crippen LogP contribution is -1.70. The van der Waals surface area contributed by atoms with Crippen LogP contribution in [0.25, 0.3) is 6.08 Å². The Morgan fingerprint density at radius 3 is 2.36 bits per heavy atom. The van der Waals surface area contributed by atoms with Crippen molar-refractivity contribution in [2.75, 3.05) is 0 Å². The van der Waals surface area contributed by atoms with Crippen molar-refractivity contribution in [1.82, 2.24) is 0 Å². The van der Waals surface area contributed by atoms with Gasteiger partial charge in [-0.05, 0) is 23.8 Å². The van der Waals surface area contributed by atoms with E-state index < -0.39 is 0 Å². The normalized spacial score (nSPS) is 10.3. The minimum atomic E-state index is 1.07. The average Bonchev–Trinajstić information content (AvgIpc) is 2.04. The maximum Gasteiger partial charge on any atom is 0.0177 e. The SMILES string of the molecule is N=CC=Cc1ccc(Br)cc1. The molecular formula is C9H8BrN. The fourth-order valence-electron chi connectivity index (χ4n) is 0.733. The van der Waals surface area contributed by atoms with Crippen LogP contribution in [0.3, 0.4) is 0 Å². The van der Waals surface area contributed by atoms with Gasteiger partial charge in [0.05, 0.1) is 0 Å². The van der Waals surface area contributed by atoms with Gasteiger partial charge in [-0.1, -0.05) is 34.1 Å². The molecule has 1 aromatic carbocycles. The molecule has 0 amide bonds. The van der Waals surface area contributed by atoms with Crippen molar-refractivity contribution >= 4 is 28.2 Å². The molecule has 56 valence electrons. The smallest absolute Gasteiger partial charge is 0.0177 e. The van der Waals surface area contributed by atoms with Crippen molar-refractivity contribution in [3.05, 3.63) is 40.4 Å². The Bertz CT molecular complexity index is 261. The third kappa shape index (κ3) is 2.68. The van der Waals surface area contributed by atoms with E-state index >= 15 is 0 Å². The van der Waals surface area contributed by atoms with Gasteiger partial charge in [0.2, 0.25) is 0 Å². The van der Waals surface area contributed by atoms with Gasteiger partial charge in [-0.3, -0.25) is 0 Å². The zero-order valence-corrected chi connectivity index (χ0v) is 7.51. The molecule has 0 atom stereocenters. The molecule has 0 aliphatic rings. The van der Waals surface area contributed by atoms with Crippen molar-refractivity contribution < 1.29 is 0 Å². The first-order valence-electron chi connectivity index (χ1n) is 3.25. The van der Waals surface area contributed by atoms with Crippen molar-refractivity contribution in [3.63, 3.8) is 0 Å². The van der Waals surface area contributed by atoms with Crippen molar-refractivity contribution in [2.24, 2.45) is 0 Å². The Hall–Kier alpha value is -0.890. The van der Waals surface area contributed by atoms with Crippen LogP contribution in [0.15, 0.2) is 34.8 Å². The maximum atomic E-state index is 6.77. The number of rotatable bonds is 2. The lowest BCUT2D eigenvalue weighted by atomic mass is 10.2. The lowest BCUT2D eigenvalue weighted by Gasteiger charge is -1.91. The van der Waals surface area contributed by atoms with Crippen LogP contribution < -0.4 is 0 Å². The zero-order chi connectivity index (χ0) is 8.10. The van der Waals surface area contributed by atoms with E-state index in [1.807, 2.05) is 30.3 Å². The van der Waals surface area contributed by atoms with Gasteiger partial charge in [-0.15, -0.1) is 0 Å². The highest BCUT2D eigenvalue weighted by Gasteiger charge is 1.85. The van der Waals surface area contributed by atoms with Gasteiger partial charge in [-0.2, -0.15) is 0 Å². The molecule has 2 heteroatoms. The molecule has 11 heavy (non-hydrogen) atoms. The standard InChI is InChI=1S/C9H8BrN/c10-9-5-3-8(4-6-9)2-1-7-11/h1-7,11H. The van der Waals surface area contributed by atoms with Crippen LogP contribution >= 0.6 is 15.9 Å². The van der Waals surface area contributed by atoms with E-state index in [-0.39, 0.29) is 0 Å². The second kappa shape index (κ2) is 4.09. The van der Waals surface area contributed by atoms with Gasteiger partial charge in [-0.25, -0.2) is 0 Å². The molecular weight excluding hydrogens is 202 g/mol. The number of benzene rings is 1. The highest BCUT2D eigenvalue weighted by molar-refractivity contribution is 9.10. The highest BCUT2D eigenvalue weighted by Crippen LogP contribution is 2.10. The number of allylic oxidation sites excluding steroid dienone is 1. The fourth-order valence-corrected chi connectivity index (χ4v) is 0.997. The summed E-state index contributed by atoms with van der Waals surface area (Å²) in [5.74, 6) is 0. The molecule has 0 heterocycles. The predicted molar refractivity (Wildman–Crippen MR) is 52.0 cm³/mol. The topological polar surface area (TPSA) is 23.9 Å². The van der Waals surface area contributed by atoms with E-state index in [0.29, 0.717) is 0 Å². The number of halogens is 1. The molecule has 0 aromatic heterocycles. The molecule has 0 unspecified atom stereocenters. The van der Waals surface area contributed by atoms with Crippen molar-refractivity contribution in [1.29, 1.82) is 5.41 Å². The third-order valence-corrected chi connectivity index (χ3v) is 1.78. The average molecular weight is 210 g/mol. The summed E-state index contributed by atoms with van der Waals surface area (Å²) in [5.41, 5.74) is 1.11. The van der Waals surface area contributed by atoms with Gasteiger partial charge in [0.15, 0.2) is 0 Å². The second-order valence-electron chi connectivity index (χ2n) is 2.08. The summed E-state index contributed by atoms with van der Waals surface area (Å²) in [7, 11) is 0. The zero-order valence-electron chi connectivity index (χ0n) is 5.92. The molecule has 0 fully saturated rings. The fraction of sp³-hybridized carbons (Fsp3) is 0. The van der Waals surface area contributed by atoms with Gasteiger partial charge < -0.3 is 5.41 Å². The minimum absolute atomic E-state index is 1.07. The van der Waals surface area contributed by atoms with E-state index in [1.165, 1.54) is 6.21 Å². The van der Waals surface area contributed by atoms with Crippen LogP contribution in [0.4, 0.5) is 0 Å². The van der Waals surface area contributed by atoms with Crippen molar-refractivity contribution in [2.45, 2.75) is 0 Å². The Morgan fingerprint density at radius 2 is 1.82 bits per heavy atom. The Labute approximate surface area is 74.4 Å². The van der Waals surface area contributed by atoms with Crippen molar-refractivity contribution in [3.8, 4) is 0 Å². The number of hydrogen-bond donors (Lipinski definition) is 1.